The maximum absolute atomic E-state index is 3.25. The molecule has 10 rings (SSSR count). The number of hydrogen-bond donors (Lipinski definition) is 0. The van der Waals surface area contributed by atoms with E-state index >= 15 is 0 Å². The normalized spacial score (nSPS) is 28.2. The second-order valence-electron chi connectivity index (χ2n) is 16.9. The van der Waals surface area contributed by atoms with Crippen molar-refractivity contribution >= 4 is 22.5 Å². The Hall–Kier alpha value is -5.00. The van der Waals surface area contributed by atoms with Crippen LogP contribution in [0.25, 0.3) is 11.1 Å². The van der Waals surface area contributed by atoms with Crippen LogP contribution in [0.1, 0.15) is 82.6 Å². The molecule has 4 unspecified atom stereocenters. The Morgan fingerprint density at radius 3 is 2.49 bits per heavy atom. The number of nitrogens with zero attached hydrogens (tertiary/aromatic N) is 2. The molecule has 0 bridgehead atoms. The molecule has 2 nitrogen and oxygen atoms in total. The average molecular weight is 663 g/mol. The highest BCUT2D eigenvalue weighted by Crippen LogP contribution is 2.63. The zero-order chi connectivity index (χ0) is 34.7. The molecule has 0 N–H and O–H groups in total. The summed E-state index contributed by atoms with van der Waals surface area (Å²) in [6, 6.07) is 28.1. The van der Waals surface area contributed by atoms with Crippen LogP contribution in [0.2, 0.25) is 0 Å². The second-order valence-corrected chi connectivity index (χ2v) is 16.9. The number of rotatable bonds is 4. The lowest BCUT2D eigenvalue weighted by atomic mass is 9.60. The van der Waals surface area contributed by atoms with Gasteiger partial charge in [0.05, 0.1) is 6.04 Å². The molecule has 0 radical (unpaired) electrons. The predicted molar refractivity (Wildman–Crippen MR) is 212 cm³/mol. The molecule has 4 atom stereocenters. The fourth-order valence-corrected chi connectivity index (χ4v) is 10.8. The van der Waals surface area contributed by atoms with Crippen LogP contribution in [-0.2, 0) is 10.8 Å². The fourth-order valence-electron chi connectivity index (χ4n) is 10.8. The number of hydrogen-bond acceptors (Lipinski definition) is 2. The largest absolute Gasteiger partial charge is 0.338 e. The first kappa shape index (κ1) is 30.8. The summed E-state index contributed by atoms with van der Waals surface area (Å²) in [5, 5.41) is 0. The molecule has 252 valence electrons. The van der Waals surface area contributed by atoms with Crippen LogP contribution in [0.5, 0.6) is 0 Å². The average Bonchev–Trinajstić information content (AvgIpc) is 3.67. The van der Waals surface area contributed by atoms with Gasteiger partial charge in [-0.2, -0.15) is 0 Å². The van der Waals surface area contributed by atoms with Gasteiger partial charge in [0.25, 0.3) is 0 Å². The Morgan fingerprint density at radius 2 is 1.63 bits per heavy atom. The summed E-state index contributed by atoms with van der Waals surface area (Å²) in [5.74, 6) is 0.339. The Balaban J connectivity index is 1.11. The maximum atomic E-state index is 3.25. The zero-order valence-corrected chi connectivity index (χ0v) is 30.5. The van der Waals surface area contributed by atoms with Crippen molar-refractivity contribution in [2.45, 2.75) is 83.2 Å². The first-order chi connectivity index (χ1) is 24.7. The second kappa shape index (κ2) is 10.8. The van der Waals surface area contributed by atoms with Crippen LogP contribution in [0.4, 0.5) is 11.4 Å². The van der Waals surface area contributed by atoms with E-state index in [1.165, 1.54) is 56.2 Å². The Bertz CT molecular complexity index is 2320. The third-order valence-corrected chi connectivity index (χ3v) is 13.8. The lowest BCUT2D eigenvalue weighted by molar-refractivity contribution is 0.224. The molecule has 0 saturated carbocycles. The van der Waals surface area contributed by atoms with Crippen molar-refractivity contribution in [3.8, 4) is 0 Å². The number of fused-ring (bicyclic) bond motifs is 7. The van der Waals surface area contributed by atoms with Crippen LogP contribution in [-0.4, -0.2) is 12.1 Å². The molecular weight excluding hydrogens is 617 g/mol. The summed E-state index contributed by atoms with van der Waals surface area (Å²) in [7, 11) is 0. The van der Waals surface area contributed by atoms with Crippen molar-refractivity contribution < 1.29 is 0 Å². The Kier molecular flexibility index (Phi) is 6.49. The monoisotopic (exact) mass is 662 g/mol. The summed E-state index contributed by atoms with van der Waals surface area (Å²) in [6.07, 6.45) is 23.6. The summed E-state index contributed by atoms with van der Waals surface area (Å²) >= 11 is 0. The maximum Gasteiger partial charge on any atom is 0.0627 e. The highest BCUT2D eigenvalue weighted by atomic mass is 15.2. The molecule has 0 aromatic heterocycles. The SMILES string of the molecule is CC1(C)C2=C(C=C=C=C2)c2ccc(N(C3=CC4C5=C(C=CCC5)N(c5ccccc5)C4C=C3)C3CC=C4c5ccccc5C(C)(C)C4(C)C3)cc21. The van der Waals surface area contributed by atoms with Gasteiger partial charge in [-0.25, -0.2) is 0 Å². The van der Waals surface area contributed by atoms with Crippen molar-refractivity contribution in [3.05, 3.63) is 178 Å². The molecule has 3 aromatic carbocycles. The minimum Gasteiger partial charge on any atom is -0.338 e. The molecule has 7 aliphatic rings. The highest BCUT2D eigenvalue weighted by Gasteiger charge is 2.55. The third-order valence-electron chi connectivity index (χ3n) is 13.8. The van der Waals surface area contributed by atoms with E-state index in [4.69, 9.17) is 0 Å². The van der Waals surface area contributed by atoms with Crippen LogP contribution < -0.4 is 9.80 Å². The van der Waals surface area contributed by atoms with Crippen molar-refractivity contribution in [1.82, 2.24) is 0 Å². The minimum atomic E-state index is -0.101. The van der Waals surface area contributed by atoms with E-state index in [-0.39, 0.29) is 22.3 Å². The summed E-state index contributed by atoms with van der Waals surface area (Å²) in [6.45, 7) is 12.3. The quantitative estimate of drug-likeness (QED) is 0.257. The first-order valence-corrected chi connectivity index (χ1v) is 19.0. The molecule has 1 aliphatic heterocycles. The number of anilines is 2. The Morgan fingerprint density at radius 1 is 0.824 bits per heavy atom. The van der Waals surface area contributed by atoms with E-state index in [9.17, 15) is 0 Å². The predicted octanol–water partition coefficient (Wildman–Crippen LogP) is 11.5. The smallest absolute Gasteiger partial charge is 0.0627 e. The molecule has 0 amide bonds. The summed E-state index contributed by atoms with van der Waals surface area (Å²) < 4.78 is 0. The van der Waals surface area contributed by atoms with E-state index in [0.29, 0.717) is 12.0 Å². The van der Waals surface area contributed by atoms with E-state index in [2.05, 4.69) is 177 Å². The van der Waals surface area contributed by atoms with Gasteiger partial charge in [-0.15, -0.1) is 0 Å². The van der Waals surface area contributed by atoms with Gasteiger partial charge in [0.1, 0.15) is 0 Å². The molecular formula is C49H46N2. The number of benzene rings is 3. The zero-order valence-electron chi connectivity index (χ0n) is 30.5. The topological polar surface area (TPSA) is 6.48 Å². The van der Waals surface area contributed by atoms with Crippen LogP contribution in [0, 0.1) is 11.3 Å². The van der Waals surface area contributed by atoms with Crippen molar-refractivity contribution in [1.29, 1.82) is 0 Å². The lowest BCUT2D eigenvalue weighted by Crippen LogP contribution is -2.46. The molecule has 0 spiro atoms. The van der Waals surface area contributed by atoms with Gasteiger partial charge < -0.3 is 9.80 Å². The molecule has 2 heteroatoms. The van der Waals surface area contributed by atoms with Crippen LogP contribution in [0.15, 0.2) is 155 Å². The first-order valence-electron chi connectivity index (χ1n) is 19.0. The van der Waals surface area contributed by atoms with Gasteiger partial charge in [0.15, 0.2) is 0 Å². The van der Waals surface area contributed by atoms with Gasteiger partial charge in [-0.1, -0.05) is 119 Å². The number of allylic oxidation sites excluding steroid dienone is 8. The molecule has 0 saturated heterocycles. The van der Waals surface area contributed by atoms with Crippen molar-refractivity contribution in [2.24, 2.45) is 11.3 Å². The van der Waals surface area contributed by atoms with E-state index in [0.717, 1.165) is 25.7 Å². The van der Waals surface area contributed by atoms with E-state index in [1.54, 1.807) is 11.1 Å². The van der Waals surface area contributed by atoms with Crippen LogP contribution >= 0.6 is 0 Å². The minimum absolute atomic E-state index is 0.0264. The number of para-hydroxylation sites is 1. The lowest BCUT2D eigenvalue weighted by Gasteiger charge is -2.48. The van der Waals surface area contributed by atoms with Crippen molar-refractivity contribution in [2.75, 3.05) is 9.80 Å². The third kappa shape index (κ3) is 4.19. The molecule has 1 heterocycles. The molecule has 6 aliphatic carbocycles. The standard InChI is InChI=1S/C49H46N2/c1-47(2)41-20-12-9-17-36(41)37-26-23-34(30-44(37)47)50(35-24-27-43-39-19-10-13-21-42(39)48(3,4)49(43,5)31-35)33-25-28-46-40(29-33)38-18-11-14-22-45(38)51(46)32-15-7-6-8-16-32/h6-8,10,13-17,19-23,25-30,35,40,46H,11,18,24,31H2,1-5H3. The Labute approximate surface area is 303 Å². The van der Waals surface area contributed by atoms with Gasteiger partial charge in [0, 0.05) is 45.6 Å². The van der Waals surface area contributed by atoms with Crippen LogP contribution in [0.3, 0.4) is 0 Å². The van der Waals surface area contributed by atoms with Gasteiger partial charge in [-0.3, -0.25) is 0 Å². The molecule has 3 aromatic rings. The van der Waals surface area contributed by atoms with Gasteiger partial charge in [-0.05, 0) is 124 Å². The van der Waals surface area contributed by atoms with Crippen molar-refractivity contribution in [3.63, 3.8) is 0 Å². The molecule has 0 fully saturated rings. The van der Waals surface area contributed by atoms with E-state index < -0.39 is 0 Å². The fraction of sp³-hybridized carbons (Fsp3) is 0.306. The molecule has 51 heavy (non-hydrogen) atoms. The van der Waals surface area contributed by atoms with Gasteiger partial charge >= 0.3 is 0 Å². The highest BCUT2D eigenvalue weighted by molar-refractivity contribution is 5.89. The van der Waals surface area contributed by atoms with Gasteiger partial charge in [0.2, 0.25) is 0 Å². The summed E-state index contributed by atoms with van der Waals surface area (Å²) in [5.41, 5.74) is 23.2. The summed E-state index contributed by atoms with van der Waals surface area (Å²) in [4.78, 5) is 5.33. The van der Waals surface area contributed by atoms with E-state index in [1.807, 2.05) is 0 Å².